The summed E-state index contributed by atoms with van der Waals surface area (Å²) in [6, 6.07) is 4.43. The van der Waals surface area contributed by atoms with Crippen LogP contribution in [0.2, 0.25) is 5.02 Å². The predicted octanol–water partition coefficient (Wildman–Crippen LogP) is 3.25. The molecule has 0 bridgehead atoms. The molecule has 2 saturated heterocycles. The summed E-state index contributed by atoms with van der Waals surface area (Å²) in [7, 11) is -1.16. The van der Waals surface area contributed by atoms with Crippen LogP contribution >= 0.6 is 11.6 Å². The number of benzene rings is 1. The number of hydrogen-bond donors (Lipinski definition) is 1. The number of likely N-dealkylation sites (tertiary alicyclic amines) is 1. The molecule has 2 aliphatic rings. The van der Waals surface area contributed by atoms with Crippen molar-refractivity contribution in [2.45, 2.75) is 29.4 Å². The lowest BCUT2D eigenvalue weighted by molar-refractivity contribution is -0.0937. The van der Waals surface area contributed by atoms with E-state index in [0.717, 1.165) is 31.2 Å². The molecule has 2 fully saturated rings. The Balaban J connectivity index is 1.65. The van der Waals surface area contributed by atoms with Crippen LogP contribution in [0.3, 0.4) is 0 Å². The summed E-state index contributed by atoms with van der Waals surface area (Å²) in [6.07, 6.45) is 1.58. The fourth-order valence-electron chi connectivity index (χ4n) is 4.46. The van der Waals surface area contributed by atoms with Crippen molar-refractivity contribution in [2.75, 3.05) is 43.4 Å². The highest BCUT2D eigenvalue weighted by Gasteiger charge is 2.50. The van der Waals surface area contributed by atoms with Crippen molar-refractivity contribution in [1.29, 1.82) is 0 Å². The first kappa shape index (κ1) is 23.1. The highest BCUT2D eigenvalue weighted by atomic mass is 35.5. The fraction of sp³-hybridized carbons (Fsp3) is 0.450. The van der Waals surface area contributed by atoms with Crippen LogP contribution in [0.4, 0.5) is 24.7 Å². The molecule has 1 aromatic heterocycles. The van der Waals surface area contributed by atoms with E-state index in [9.17, 15) is 17.2 Å². The lowest BCUT2D eigenvalue weighted by atomic mass is 9.84. The van der Waals surface area contributed by atoms with Crippen molar-refractivity contribution in [3.63, 3.8) is 0 Å². The number of methoxy groups -OCH3 is 1. The molecule has 7 nitrogen and oxygen atoms in total. The maximum atomic E-state index is 15.1. The summed E-state index contributed by atoms with van der Waals surface area (Å²) >= 11 is 6.17. The molecule has 1 N–H and O–H groups in total. The molecule has 2 aromatic rings. The molecule has 0 saturated carbocycles. The number of nitrogens with one attached hydrogen (secondary N) is 1. The van der Waals surface area contributed by atoms with Gasteiger partial charge in [0.2, 0.25) is 5.95 Å². The molecule has 0 amide bonds. The third-order valence-corrected chi connectivity index (χ3v) is 7.97. The van der Waals surface area contributed by atoms with Crippen molar-refractivity contribution in [1.82, 2.24) is 9.88 Å². The Kier molecular flexibility index (Phi) is 6.03. The molecular formula is C20H22ClF3N4O3S. The van der Waals surface area contributed by atoms with E-state index in [-0.39, 0.29) is 11.7 Å². The van der Waals surface area contributed by atoms with E-state index in [1.165, 1.54) is 6.07 Å². The SMILES string of the molecule is COC1(C2CCN2C)CCN(c2cc(F)c(S(=O)(=O)Nc3cccc(F)n3)c(F)c2Cl)C1. The summed E-state index contributed by atoms with van der Waals surface area (Å²) in [4.78, 5) is 5.95. The maximum Gasteiger partial charge on any atom is 0.268 e. The first-order valence-corrected chi connectivity index (χ1v) is 11.8. The minimum absolute atomic E-state index is 0.0467. The van der Waals surface area contributed by atoms with Gasteiger partial charge in [0, 0.05) is 32.3 Å². The second-order valence-corrected chi connectivity index (χ2v) is 10.0. The summed E-state index contributed by atoms with van der Waals surface area (Å²) in [5.41, 5.74) is -0.469. The molecular weight excluding hydrogens is 469 g/mol. The standard InChI is InChI=1S/C20H22ClF3N4O3S/c1-27-8-6-14(27)20(31-2)7-9-28(11-20)13-10-12(22)19(18(24)17(13)21)32(29,30)26-16-5-3-4-15(23)25-16/h3-5,10,14H,6-9,11H2,1-2H3,(H,25,26). The number of aromatic nitrogens is 1. The van der Waals surface area contributed by atoms with E-state index in [1.807, 2.05) is 11.8 Å². The minimum Gasteiger partial charge on any atom is -0.375 e. The molecule has 2 aliphatic heterocycles. The van der Waals surface area contributed by atoms with Gasteiger partial charge in [-0.15, -0.1) is 0 Å². The van der Waals surface area contributed by atoms with Gasteiger partial charge in [0.1, 0.15) is 22.3 Å². The lowest BCUT2D eigenvalue weighted by Gasteiger charge is -2.48. The Morgan fingerprint density at radius 1 is 1.28 bits per heavy atom. The van der Waals surface area contributed by atoms with Crippen molar-refractivity contribution in [3.05, 3.63) is 46.9 Å². The first-order valence-electron chi connectivity index (χ1n) is 9.91. The van der Waals surface area contributed by atoms with Crippen molar-refractivity contribution >= 4 is 33.1 Å². The number of nitrogens with zero attached hydrogens (tertiary/aromatic N) is 3. The van der Waals surface area contributed by atoms with E-state index >= 15 is 4.39 Å². The highest BCUT2D eigenvalue weighted by molar-refractivity contribution is 7.92. The molecule has 4 rings (SSSR count). The molecule has 2 atom stereocenters. The second kappa shape index (κ2) is 8.36. The van der Waals surface area contributed by atoms with Crippen LogP contribution in [-0.2, 0) is 14.8 Å². The molecule has 32 heavy (non-hydrogen) atoms. The van der Waals surface area contributed by atoms with Crippen molar-refractivity contribution in [3.8, 4) is 0 Å². The molecule has 12 heteroatoms. The smallest absolute Gasteiger partial charge is 0.268 e. The maximum absolute atomic E-state index is 15.1. The van der Waals surface area contributed by atoms with Gasteiger partial charge in [-0.05, 0) is 38.6 Å². The number of rotatable bonds is 6. The van der Waals surface area contributed by atoms with Gasteiger partial charge in [-0.25, -0.2) is 22.2 Å². The number of halogens is 4. The highest BCUT2D eigenvalue weighted by Crippen LogP contribution is 2.42. The molecule has 1 aromatic carbocycles. The lowest BCUT2D eigenvalue weighted by Crippen LogP contribution is -2.61. The number of anilines is 2. The minimum atomic E-state index is -4.76. The Labute approximate surface area is 189 Å². The average Bonchev–Trinajstić information content (AvgIpc) is 3.13. The Bertz CT molecular complexity index is 1150. The van der Waals surface area contributed by atoms with Gasteiger partial charge < -0.3 is 14.5 Å². The zero-order valence-corrected chi connectivity index (χ0v) is 19.0. The molecule has 0 spiro atoms. The third kappa shape index (κ3) is 3.91. The number of likely N-dealkylation sites (N-methyl/N-ethyl adjacent to an activating group) is 1. The quantitative estimate of drug-likeness (QED) is 0.495. The summed E-state index contributed by atoms with van der Waals surface area (Å²) in [6.45, 7) is 1.74. The zero-order chi connectivity index (χ0) is 23.3. The van der Waals surface area contributed by atoms with E-state index in [4.69, 9.17) is 16.3 Å². The molecule has 2 unspecified atom stereocenters. The van der Waals surface area contributed by atoms with Crippen LogP contribution in [0.1, 0.15) is 12.8 Å². The molecule has 3 heterocycles. The third-order valence-electron chi connectivity index (χ3n) is 6.23. The van der Waals surface area contributed by atoms with E-state index in [2.05, 4.69) is 9.88 Å². The number of ether oxygens (including phenoxy) is 1. The van der Waals surface area contributed by atoms with Crippen LogP contribution in [0.15, 0.2) is 29.2 Å². The van der Waals surface area contributed by atoms with Crippen LogP contribution < -0.4 is 9.62 Å². The molecule has 0 aliphatic carbocycles. The van der Waals surface area contributed by atoms with E-state index in [0.29, 0.717) is 19.5 Å². The van der Waals surface area contributed by atoms with Gasteiger partial charge in [0.05, 0.1) is 5.69 Å². The van der Waals surface area contributed by atoms with Crippen molar-refractivity contribution < 1.29 is 26.3 Å². The normalized spacial score (nSPS) is 23.9. The van der Waals surface area contributed by atoms with Crippen LogP contribution in [0, 0.1) is 17.6 Å². The fourth-order valence-corrected chi connectivity index (χ4v) is 5.93. The summed E-state index contributed by atoms with van der Waals surface area (Å²) in [5.74, 6) is -4.12. The van der Waals surface area contributed by atoms with Gasteiger partial charge in [0.25, 0.3) is 10.0 Å². The molecule has 174 valence electrons. The monoisotopic (exact) mass is 490 g/mol. The van der Waals surface area contributed by atoms with Gasteiger partial charge in [-0.3, -0.25) is 4.72 Å². The summed E-state index contributed by atoms with van der Waals surface area (Å²) in [5, 5.41) is -0.521. The van der Waals surface area contributed by atoms with Gasteiger partial charge >= 0.3 is 0 Å². The van der Waals surface area contributed by atoms with Gasteiger partial charge in [-0.1, -0.05) is 17.7 Å². The number of pyridine rings is 1. The zero-order valence-electron chi connectivity index (χ0n) is 17.4. The Morgan fingerprint density at radius 2 is 2.03 bits per heavy atom. The van der Waals surface area contributed by atoms with Crippen molar-refractivity contribution in [2.24, 2.45) is 0 Å². The second-order valence-electron chi connectivity index (χ2n) is 8.01. The van der Waals surface area contributed by atoms with Crippen LogP contribution in [0.25, 0.3) is 0 Å². The number of hydrogen-bond acceptors (Lipinski definition) is 6. The molecule has 0 radical (unpaired) electrons. The van der Waals surface area contributed by atoms with Gasteiger partial charge in [-0.2, -0.15) is 4.39 Å². The van der Waals surface area contributed by atoms with Crippen LogP contribution in [0.5, 0.6) is 0 Å². The predicted molar refractivity (Wildman–Crippen MR) is 114 cm³/mol. The Morgan fingerprint density at radius 3 is 2.62 bits per heavy atom. The van der Waals surface area contributed by atoms with Gasteiger partial charge in [0.15, 0.2) is 10.7 Å². The number of sulfonamides is 1. The van der Waals surface area contributed by atoms with E-state index < -0.39 is 48.9 Å². The average molecular weight is 491 g/mol. The first-order chi connectivity index (χ1) is 15.1. The largest absolute Gasteiger partial charge is 0.375 e. The summed E-state index contributed by atoms with van der Waals surface area (Å²) < 4.78 is 76.2. The Hall–Kier alpha value is -2.08. The van der Waals surface area contributed by atoms with Crippen LogP contribution in [-0.4, -0.2) is 63.7 Å². The topological polar surface area (TPSA) is 74.8 Å². The van der Waals surface area contributed by atoms with E-state index in [1.54, 1.807) is 12.0 Å².